The molecule has 0 spiro atoms. The van der Waals surface area contributed by atoms with Gasteiger partial charge >= 0.3 is 6.18 Å². The fourth-order valence-electron chi connectivity index (χ4n) is 4.22. The van der Waals surface area contributed by atoms with Gasteiger partial charge in [0.25, 0.3) is 0 Å². The van der Waals surface area contributed by atoms with Gasteiger partial charge in [0.05, 0.1) is 38.6 Å². The number of ether oxygens (including phenoxy) is 2. The monoisotopic (exact) mass is 477 g/mol. The Bertz CT molecular complexity index is 1070. The highest BCUT2D eigenvalue weighted by Gasteiger charge is 2.49. The number of amides is 2. The quantitative estimate of drug-likeness (QED) is 0.654. The van der Waals surface area contributed by atoms with E-state index < -0.39 is 30.5 Å². The van der Waals surface area contributed by atoms with Gasteiger partial charge in [-0.05, 0) is 43.2 Å². The van der Waals surface area contributed by atoms with Crippen LogP contribution in [0, 0.1) is 0 Å². The summed E-state index contributed by atoms with van der Waals surface area (Å²) in [5.41, 5.74) is 0.984. The van der Waals surface area contributed by atoms with Crippen molar-refractivity contribution in [3.8, 4) is 11.5 Å². The van der Waals surface area contributed by atoms with Crippen LogP contribution in [0.5, 0.6) is 11.5 Å². The maximum atomic E-state index is 14.0. The van der Waals surface area contributed by atoms with Gasteiger partial charge in [-0.3, -0.25) is 19.4 Å². The van der Waals surface area contributed by atoms with Crippen LogP contribution in [0.1, 0.15) is 24.8 Å². The fourth-order valence-corrected chi connectivity index (χ4v) is 4.22. The number of carbonyl (C=O) groups is 2. The molecule has 1 aliphatic heterocycles. The highest BCUT2D eigenvalue weighted by Crippen LogP contribution is 2.38. The number of nitrogens with zero attached hydrogens (tertiary/aromatic N) is 2. The Morgan fingerprint density at radius 1 is 1.15 bits per heavy atom. The van der Waals surface area contributed by atoms with E-state index in [1.165, 1.54) is 26.4 Å². The number of para-hydroxylation sites is 2. The first-order chi connectivity index (χ1) is 16.2. The number of fused-ring (bicyclic) bond motifs is 1. The number of methoxy groups -OCH3 is 2. The van der Waals surface area contributed by atoms with Crippen LogP contribution in [-0.2, 0) is 16.1 Å². The molecule has 0 saturated heterocycles. The average Bonchev–Trinajstić information content (AvgIpc) is 3.64. The molecule has 182 valence electrons. The maximum Gasteiger partial charge on any atom is 0.409 e. The Morgan fingerprint density at radius 3 is 2.53 bits per heavy atom. The Morgan fingerprint density at radius 2 is 1.88 bits per heavy atom. The van der Waals surface area contributed by atoms with Crippen LogP contribution in [0.25, 0.3) is 0 Å². The predicted octanol–water partition coefficient (Wildman–Crippen LogP) is 3.97. The van der Waals surface area contributed by atoms with E-state index in [4.69, 9.17) is 9.47 Å². The molecule has 1 heterocycles. The smallest absolute Gasteiger partial charge is 0.409 e. The Kier molecular flexibility index (Phi) is 6.70. The zero-order chi connectivity index (χ0) is 24.5. The van der Waals surface area contributed by atoms with Crippen LogP contribution in [0.4, 0.5) is 24.5 Å². The topological polar surface area (TPSA) is 71.1 Å². The molecule has 4 rings (SSSR count). The molecular weight excluding hydrogens is 451 g/mol. The zero-order valence-electron chi connectivity index (χ0n) is 18.9. The van der Waals surface area contributed by atoms with Gasteiger partial charge in [0.1, 0.15) is 17.5 Å². The van der Waals surface area contributed by atoms with Gasteiger partial charge in [-0.15, -0.1) is 0 Å². The van der Waals surface area contributed by atoms with Crippen molar-refractivity contribution in [2.75, 3.05) is 31.0 Å². The second kappa shape index (κ2) is 9.54. The SMILES string of the molecule is COc1ccc(OC)c(CN(CC(=O)N2c3ccccc3NC(=O)CC2C(F)(F)F)C2CC2)c1. The summed E-state index contributed by atoms with van der Waals surface area (Å²) in [4.78, 5) is 28.3. The first-order valence-electron chi connectivity index (χ1n) is 10.9. The Balaban J connectivity index is 1.65. The molecule has 2 aromatic rings. The van der Waals surface area contributed by atoms with Gasteiger partial charge in [0.15, 0.2) is 0 Å². The number of hydrogen-bond acceptors (Lipinski definition) is 5. The molecule has 2 aliphatic rings. The molecular formula is C24H26F3N3O4. The van der Waals surface area contributed by atoms with Crippen molar-refractivity contribution in [1.29, 1.82) is 0 Å². The summed E-state index contributed by atoms with van der Waals surface area (Å²) in [6, 6.07) is 9.18. The van der Waals surface area contributed by atoms with Crippen LogP contribution < -0.4 is 19.7 Å². The van der Waals surface area contributed by atoms with E-state index in [0.29, 0.717) is 18.0 Å². The summed E-state index contributed by atoms with van der Waals surface area (Å²) in [6.07, 6.45) is -3.94. The maximum absolute atomic E-state index is 14.0. The number of halogens is 3. The molecule has 1 unspecified atom stereocenters. The third-order valence-electron chi connectivity index (χ3n) is 6.04. The second-order valence-corrected chi connectivity index (χ2v) is 8.40. The number of alkyl halides is 3. The van der Waals surface area contributed by atoms with Gasteiger partial charge in [-0.25, -0.2) is 0 Å². The molecule has 2 aromatic carbocycles. The van der Waals surface area contributed by atoms with E-state index in [0.717, 1.165) is 23.3 Å². The number of hydrogen-bond donors (Lipinski definition) is 1. The largest absolute Gasteiger partial charge is 0.497 e. The molecule has 0 bridgehead atoms. The summed E-state index contributed by atoms with van der Waals surface area (Å²) >= 11 is 0. The molecule has 1 fully saturated rings. The molecule has 1 saturated carbocycles. The molecule has 0 aromatic heterocycles. The van der Waals surface area contributed by atoms with Gasteiger partial charge in [0.2, 0.25) is 11.8 Å². The third kappa shape index (κ3) is 5.11. The number of benzene rings is 2. The van der Waals surface area contributed by atoms with Gasteiger partial charge in [-0.2, -0.15) is 13.2 Å². The summed E-state index contributed by atoms with van der Waals surface area (Å²) in [6.45, 7) is 0.0697. The van der Waals surface area contributed by atoms with Crippen molar-refractivity contribution in [1.82, 2.24) is 4.90 Å². The van der Waals surface area contributed by atoms with Crippen LogP contribution >= 0.6 is 0 Å². The third-order valence-corrected chi connectivity index (χ3v) is 6.04. The average molecular weight is 477 g/mol. The van der Waals surface area contributed by atoms with E-state index in [1.54, 1.807) is 30.3 Å². The van der Waals surface area contributed by atoms with Crippen LogP contribution in [0.3, 0.4) is 0 Å². The van der Waals surface area contributed by atoms with Gasteiger partial charge in [0, 0.05) is 18.2 Å². The summed E-state index contributed by atoms with van der Waals surface area (Å²) in [7, 11) is 3.07. The lowest BCUT2D eigenvalue weighted by Crippen LogP contribution is -2.52. The van der Waals surface area contributed by atoms with Crippen LogP contribution in [-0.4, -0.2) is 55.7 Å². The normalized spacial score (nSPS) is 18.2. The van der Waals surface area contributed by atoms with Crippen molar-refractivity contribution in [2.24, 2.45) is 0 Å². The summed E-state index contributed by atoms with van der Waals surface area (Å²) < 4.78 is 52.8. The van der Waals surface area contributed by atoms with E-state index in [9.17, 15) is 22.8 Å². The van der Waals surface area contributed by atoms with Crippen molar-refractivity contribution in [3.63, 3.8) is 0 Å². The second-order valence-electron chi connectivity index (χ2n) is 8.40. The summed E-state index contributed by atoms with van der Waals surface area (Å²) in [5, 5.41) is 2.49. The van der Waals surface area contributed by atoms with E-state index in [-0.39, 0.29) is 24.0 Å². The van der Waals surface area contributed by atoms with Crippen LogP contribution in [0.15, 0.2) is 42.5 Å². The number of nitrogens with one attached hydrogen (secondary N) is 1. The van der Waals surface area contributed by atoms with Gasteiger partial charge in [-0.1, -0.05) is 12.1 Å². The minimum Gasteiger partial charge on any atom is -0.497 e. The molecule has 1 aliphatic carbocycles. The van der Waals surface area contributed by atoms with Crippen molar-refractivity contribution < 1.29 is 32.2 Å². The lowest BCUT2D eigenvalue weighted by Gasteiger charge is -2.33. The van der Waals surface area contributed by atoms with Crippen LogP contribution in [0.2, 0.25) is 0 Å². The molecule has 2 amide bonds. The molecule has 10 heteroatoms. The molecule has 7 nitrogen and oxygen atoms in total. The van der Waals surface area contributed by atoms with E-state index >= 15 is 0 Å². The Labute approximate surface area is 195 Å². The Hall–Kier alpha value is -3.27. The van der Waals surface area contributed by atoms with E-state index in [2.05, 4.69) is 5.32 Å². The van der Waals surface area contributed by atoms with E-state index in [1.807, 2.05) is 4.90 Å². The van der Waals surface area contributed by atoms with Crippen molar-refractivity contribution in [3.05, 3.63) is 48.0 Å². The molecule has 34 heavy (non-hydrogen) atoms. The first kappa shape index (κ1) is 23.9. The predicted molar refractivity (Wildman–Crippen MR) is 120 cm³/mol. The van der Waals surface area contributed by atoms with Crippen molar-refractivity contribution >= 4 is 23.2 Å². The lowest BCUT2D eigenvalue weighted by atomic mass is 10.1. The van der Waals surface area contributed by atoms with Crippen molar-refractivity contribution in [2.45, 2.75) is 44.1 Å². The standard InChI is InChI=1S/C24H26F3N3O4/c1-33-17-9-10-20(34-2)15(11-17)13-29(16-7-8-16)14-23(32)30-19-6-4-3-5-18(19)28-22(31)12-21(30)24(25,26)27/h3-6,9-11,16,21H,7-8,12-14H2,1-2H3,(H,28,31). The number of rotatable bonds is 7. The molecule has 0 radical (unpaired) electrons. The van der Waals surface area contributed by atoms with Gasteiger partial charge < -0.3 is 14.8 Å². The minimum atomic E-state index is -4.77. The lowest BCUT2D eigenvalue weighted by molar-refractivity contribution is -0.158. The number of carbonyl (C=O) groups excluding carboxylic acids is 2. The zero-order valence-corrected chi connectivity index (χ0v) is 18.9. The molecule has 1 atom stereocenters. The number of anilines is 2. The highest BCUT2D eigenvalue weighted by atomic mass is 19.4. The summed E-state index contributed by atoms with van der Waals surface area (Å²) in [5.74, 6) is -0.298. The molecule has 1 N–H and O–H groups in total. The minimum absolute atomic E-state index is 0.0374. The fraction of sp³-hybridized carbons (Fsp3) is 0.417. The first-order valence-corrected chi connectivity index (χ1v) is 10.9. The highest BCUT2D eigenvalue weighted by molar-refractivity contribution is 6.05.